The van der Waals surface area contributed by atoms with Crippen molar-refractivity contribution in [1.82, 2.24) is 0 Å². The van der Waals surface area contributed by atoms with Crippen molar-refractivity contribution < 1.29 is 18.0 Å². The number of ketones is 1. The van der Waals surface area contributed by atoms with Crippen molar-refractivity contribution in [3.05, 3.63) is 0 Å². The molecule has 0 aliphatic heterocycles. The molecule has 4 fully saturated rings. The zero-order valence-electron chi connectivity index (χ0n) is 17.1. The molecule has 0 aromatic heterocycles. The molecule has 0 amide bonds. The normalized spacial score (nSPS) is 49.9. The third kappa shape index (κ3) is 3.08. The highest BCUT2D eigenvalue weighted by molar-refractivity contribution is 5.75. The molecule has 154 valence electrons. The van der Waals surface area contributed by atoms with Gasteiger partial charge in [-0.05, 0) is 105 Å². The Balaban J connectivity index is 1.54. The quantitative estimate of drug-likeness (QED) is 0.511. The maximum absolute atomic E-state index is 13.3. The van der Waals surface area contributed by atoms with Crippen LogP contribution in [-0.2, 0) is 4.79 Å². The van der Waals surface area contributed by atoms with E-state index in [1.54, 1.807) is 6.92 Å². The summed E-state index contributed by atoms with van der Waals surface area (Å²) in [5, 5.41) is 0. The predicted octanol–water partition coefficient (Wildman–Crippen LogP) is 6.80. The Morgan fingerprint density at radius 3 is 2.26 bits per heavy atom. The summed E-state index contributed by atoms with van der Waals surface area (Å²) in [6.07, 6.45) is 4.96. The lowest BCUT2D eigenvalue weighted by Crippen LogP contribution is -2.54. The standard InChI is InChI=1S/C23H35F3O/c1-14(27)12-15-5-7-19-18-6-4-16-13-17(23(24,25)26)8-10-21(16,2)20(18)9-11-22(15,19)3/h15-20H,4-13H2,1-3H3. The first-order valence-electron chi connectivity index (χ1n) is 11.1. The van der Waals surface area contributed by atoms with Crippen molar-refractivity contribution >= 4 is 5.78 Å². The van der Waals surface area contributed by atoms with Gasteiger partial charge < -0.3 is 4.79 Å². The van der Waals surface area contributed by atoms with E-state index < -0.39 is 12.1 Å². The van der Waals surface area contributed by atoms with Crippen LogP contribution >= 0.6 is 0 Å². The monoisotopic (exact) mass is 384 g/mol. The van der Waals surface area contributed by atoms with E-state index in [9.17, 15) is 18.0 Å². The van der Waals surface area contributed by atoms with E-state index in [4.69, 9.17) is 0 Å². The number of carbonyl (C=O) groups excluding carboxylic acids is 1. The lowest BCUT2D eigenvalue weighted by atomic mass is 9.44. The van der Waals surface area contributed by atoms with E-state index in [1.807, 2.05) is 0 Å². The van der Waals surface area contributed by atoms with Crippen molar-refractivity contribution in [3.63, 3.8) is 0 Å². The van der Waals surface area contributed by atoms with Gasteiger partial charge in [-0.2, -0.15) is 13.2 Å². The number of fused-ring (bicyclic) bond motifs is 5. The van der Waals surface area contributed by atoms with Crippen LogP contribution in [0.5, 0.6) is 0 Å². The summed E-state index contributed by atoms with van der Waals surface area (Å²) in [6, 6.07) is 0. The number of halogens is 3. The van der Waals surface area contributed by atoms with Crippen LogP contribution in [-0.4, -0.2) is 12.0 Å². The predicted molar refractivity (Wildman–Crippen MR) is 100 cm³/mol. The molecule has 0 radical (unpaired) electrons. The SMILES string of the molecule is CC(=O)CC1CCC2C3CCC4CC(C(F)(F)F)CCC4(C)C3CCC12C. The van der Waals surface area contributed by atoms with E-state index in [0.29, 0.717) is 42.3 Å². The smallest absolute Gasteiger partial charge is 0.300 e. The second-order valence-electron chi connectivity index (χ2n) is 10.9. The Morgan fingerprint density at radius 2 is 1.59 bits per heavy atom. The highest BCUT2D eigenvalue weighted by Gasteiger charge is 2.61. The molecule has 0 N–H and O–H groups in total. The molecule has 4 heteroatoms. The molecule has 0 spiro atoms. The average molecular weight is 385 g/mol. The van der Waals surface area contributed by atoms with Gasteiger partial charge in [0.25, 0.3) is 0 Å². The molecule has 0 saturated heterocycles. The summed E-state index contributed by atoms with van der Waals surface area (Å²) in [5.74, 6) is 1.95. The molecule has 0 aromatic rings. The summed E-state index contributed by atoms with van der Waals surface area (Å²) in [5.41, 5.74) is 0.379. The fourth-order valence-corrected chi connectivity index (χ4v) is 8.35. The topological polar surface area (TPSA) is 17.1 Å². The molecule has 27 heavy (non-hydrogen) atoms. The number of rotatable bonds is 2. The van der Waals surface area contributed by atoms with E-state index in [1.165, 1.54) is 19.3 Å². The summed E-state index contributed by atoms with van der Waals surface area (Å²) >= 11 is 0. The number of hydrogen-bond donors (Lipinski definition) is 0. The van der Waals surface area contributed by atoms with Crippen molar-refractivity contribution in [2.24, 2.45) is 46.3 Å². The van der Waals surface area contributed by atoms with Crippen LogP contribution in [0, 0.1) is 46.3 Å². The summed E-state index contributed by atoms with van der Waals surface area (Å²) in [4.78, 5) is 11.8. The summed E-state index contributed by atoms with van der Waals surface area (Å²) in [7, 11) is 0. The van der Waals surface area contributed by atoms with Gasteiger partial charge in [0.1, 0.15) is 5.78 Å². The lowest BCUT2D eigenvalue weighted by Gasteiger charge is -2.61. The Labute approximate surface area is 161 Å². The van der Waals surface area contributed by atoms with Gasteiger partial charge in [-0.1, -0.05) is 13.8 Å². The van der Waals surface area contributed by atoms with Crippen molar-refractivity contribution in [3.8, 4) is 0 Å². The zero-order valence-corrected chi connectivity index (χ0v) is 17.1. The molecule has 4 aliphatic rings. The molecule has 8 atom stereocenters. The maximum Gasteiger partial charge on any atom is 0.391 e. The second-order valence-corrected chi connectivity index (χ2v) is 10.9. The lowest BCUT2D eigenvalue weighted by molar-refractivity contribution is -0.208. The number of hydrogen-bond acceptors (Lipinski definition) is 1. The van der Waals surface area contributed by atoms with Crippen LogP contribution in [0.3, 0.4) is 0 Å². The van der Waals surface area contributed by atoms with Crippen molar-refractivity contribution in [2.45, 2.75) is 91.2 Å². The fraction of sp³-hybridized carbons (Fsp3) is 0.957. The van der Waals surface area contributed by atoms with Crippen molar-refractivity contribution in [2.75, 3.05) is 0 Å². The highest BCUT2D eigenvalue weighted by atomic mass is 19.4. The van der Waals surface area contributed by atoms with Gasteiger partial charge in [0.2, 0.25) is 0 Å². The van der Waals surface area contributed by atoms with Gasteiger partial charge in [-0.15, -0.1) is 0 Å². The Kier molecular flexibility index (Phi) is 4.75. The molecule has 4 rings (SSSR count). The number of alkyl halides is 3. The fourth-order valence-electron chi connectivity index (χ4n) is 8.35. The highest BCUT2D eigenvalue weighted by Crippen LogP contribution is 2.68. The molecule has 0 aromatic carbocycles. The Bertz CT molecular complexity index is 599. The number of Topliss-reactive ketones (excluding diaryl/α,β-unsaturated/α-hetero) is 1. The van der Waals surface area contributed by atoms with Crippen LogP contribution in [0.1, 0.15) is 85.0 Å². The molecule has 4 aliphatic carbocycles. The van der Waals surface area contributed by atoms with Crippen LogP contribution in [0.4, 0.5) is 13.2 Å². The van der Waals surface area contributed by atoms with Crippen LogP contribution in [0.25, 0.3) is 0 Å². The van der Waals surface area contributed by atoms with Crippen LogP contribution in [0.15, 0.2) is 0 Å². The first-order chi connectivity index (χ1) is 12.6. The second kappa shape index (κ2) is 6.49. The van der Waals surface area contributed by atoms with Gasteiger partial charge in [0.15, 0.2) is 0 Å². The molecular formula is C23H35F3O. The molecule has 0 heterocycles. The van der Waals surface area contributed by atoms with Crippen LogP contribution in [0.2, 0.25) is 0 Å². The minimum atomic E-state index is -4.02. The number of carbonyl (C=O) groups is 1. The molecule has 4 saturated carbocycles. The average Bonchev–Trinajstić information content (AvgIpc) is 2.89. The van der Waals surface area contributed by atoms with E-state index in [-0.39, 0.29) is 16.7 Å². The van der Waals surface area contributed by atoms with Gasteiger partial charge >= 0.3 is 6.18 Å². The Morgan fingerprint density at radius 1 is 0.926 bits per heavy atom. The van der Waals surface area contributed by atoms with Gasteiger partial charge in [0.05, 0.1) is 5.92 Å². The third-order valence-corrected chi connectivity index (χ3v) is 9.86. The summed E-state index contributed by atoms with van der Waals surface area (Å²) in [6.45, 7) is 6.46. The van der Waals surface area contributed by atoms with Crippen molar-refractivity contribution in [1.29, 1.82) is 0 Å². The molecule has 8 unspecified atom stereocenters. The van der Waals surface area contributed by atoms with Gasteiger partial charge in [0, 0.05) is 6.42 Å². The molecule has 0 bridgehead atoms. The minimum absolute atomic E-state index is 0.102. The molecular weight excluding hydrogens is 349 g/mol. The first kappa shape index (κ1) is 19.8. The molecule has 1 nitrogen and oxygen atoms in total. The minimum Gasteiger partial charge on any atom is -0.300 e. The zero-order chi connectivity index (χ0) is 19.6. The van der Waals surface area contributed by atoms with E-state index in [0.717, 1.165) is 32.1 Å². The van der Waals surface area contributed by atoms with Gasteiger partial charge in [-0.25, -0.2) is 0 Å². The maximum atomic E-state index is 13.3. The third-order valence-electron chi connectivity index (χ3n) is 9.86. The van der Waals surface area contributed by atoms with Gasteiger partial charge in [-0.3, -0.25) is 0 Å². The first-order valence-corrected chi connectivity index (χ1v) is 11.1. The summed E-state index contributed by atoms with van der Waals surface area (Å²) < 4.78 is 39.9. The van der Waals surface area contributed by atoms with E-state index >= 15 is 0 Å². The van der Waals surface area contributed by atoms with E-state index in [2.05, 4.69) is 13.8 Å². The van der Waals surface area contributed by atoms with Crippen LogP contribution < -0.4 is 0 Å². The Hall–Kier alpha value is -0.540. The largest absolute Gasteiger partial charge is 0.391 e.